The van der Waals surface area contributed by atoms with Crippen LogP contribution in [0.15, 0.2) is 28.0 Å². The van der Waals surface area contributed by atoms with Gasteiger partial charge in [-0.3, -0.25) is 4.57 Å². The van der Waals surface area contributed by atoms with Gasteiger partial charge in [-0.05, 0) is 12.1 Å². The van der Waals surface area contributed by atoms with E-state index in [4.69, 9.17) is 4.42 Å². The quantitative estimate of drug-likeness (QED) is 0.784. The maximum absolute atomic E-state index is 12.4. The van der Waals surface area contributed by atoms with Gasteiger partial charge in [-0.2, -0.15) is 8.78 Å². The highest BCUT2D eigenvalue weighted by molar-refractivity contribution is 7.80. The van der Waals surface area contributed by atoms with Crippen LogP contribution in [0.1, 0.15) is 6.55 Å². The molecule has 2 aromatic heterocycles. The Bertz CT molecular complexity index is 440. The Balaban J connectivity index is 2.46. The topological polar surface area (TPSA) is 43.9 Å². The fraction of sp³-hybridized carbons (Fsp3) is 0.143. The molecule has 0 saturated heterocycles. The molecule has 0 amide bonds. The molecule has 0 radical (unpaired) electrons. The molecule has 74 valence electrons. The van der Waals surface area contributed by atoms with Crippen LogP contribution in [0.5, 0.6) is 0 Å². The molecule has 0 bridgehead atoms. The first-order chi connectivity index (χ1) is 6.68. The van der Waals surface area contributed by atoms with Gasteiger partial charge in [0.15, 0.2) is 0 Å². The largest absolute Gasteiger partial charge is 0.410 e. The molecule has 7 heteroatoms. The van der Waals surface area contributed by atoms with Crippen molar-refractivity contribution in [3.05, 3.63) is 18.3 Å². The molecule has 14 heavy (non-hydrogen) atoms. The Morgan fingerprint density at radius 2 is 2.21 bits per heavy atom. The standard InChI is InChI=1S/C7H5F2N3OS/c8-6(9)12-3-1-2-4(12)5-10-11-7(14)13-5/h1-3,6H,(H,11,14). The van der Waals surface area contributed by atoms with Gasteiger partial charge >= 0.3 is 6.55 Å². The van der Waals surface area contributed by atoms with E-state index in [2.05, 4.69) is 22.8 Å². The van der Waals surface area contributed by atoms with Gasteiger partial charge in [0, 0.05) is 6.20 Å². The van der Waals surface area contributed by atoms with Crippen molar-refractivity contribution in [2.75, 3.05) is 0 Å². The molecule has 0 aliphatic heterocycles. The van der Waals surface area contributed by atoms with Gasteiger partial charge < -0.3 is 4.42 Å². The highest BCUT2D eigenvalue weighted by atomic mass is 32.1. The van der Waals surface area contributed by atoms with Gasteiger partial charge in [-0.1, -0.05) is 12.6 Å². The molecule has 2 heterocycles. The van der Waals surface area contributed by atoms with E-state index in [0.29, 0.717) is 0 Å². The second kappa shape index (κ2) is 3.41. The van der Waals surface area contributed by atoms with Gasteiger partial charge in [0.2, 0.25) is 0 Å². The van der Waals surface area contributed by atoms with Crippen molar-refractivity contribution < 1.29 is 13.2 Å². The van der Waals surface area contributed by atoms with E-state index < -0.39 is 6.55 Å². The number of alkyl halides is 2. The van der Waals surface area contributed by atoms with Gasteiger partial charge in [-0.25, -0.2) is 0 Å². The lowest BCUT2D eigenvalue weighted by molar-refractivity contribution is 0.0719. The highest BCUT2D eigenvalue weighted by Crippen LogP contribution is 2.24. The summed E-state index contributed by atoms with van der Waals surface area (Å²) in [5.41, 5.74) is 0.174. The van der Waals surface area contributed by atoms with Crippen molar-refractivity contribution in [3.63, 3.8) is 0 Å². The predicted octanol–water partition coefficient (Wildman–Crippen LogP) is 2.22. The normalized spacial score (nSPS) is 11.1. The van der Waals surface area contributed by atoms with Crippen LogP contribution < -0.4 is 0 Å². The van der Waals surface area contributed by atoms with Crippen LogP contribution in [0.2, 0.25) is 0 Å². The summed E-state index contributed by atoms with van der Waals surface area (Å²) >= 11 is 3.79. The lowest BCUT2D eigenvalue weighted by Gasteiger charge is -2.03. The second-order valence-electron chi connectivity index (χ2n) is 2.47. The molecular weight excluding hydrogens is 212 g/mol. The number of halogens is 2. The Labute approximate surface area is 83.0 Å². The molecule has 0 atom stereocenters. The molecule has 0 saturated carbocycles. The summed E-state index contributed by atoms with van der Waals surface area (Å²) in [5, 5.41) is 7.06. The van der Waals surface area contributed by atoms with E-state index >= 15 is 0 Å². The van der Waals surface area contributed by atoms with E-state index in [0.717, 1.165) is 4.57 Å². The van der Waals surface area contributed by atoms with Crippen LogP contribution in [0.3, 0.4) is 0 Å². The Morgan fingerprint density at radius 1 is 1.43 bits per heavy atom. The van der Waals surface area contributed by atoms with Gasteiger partial charge in [-0.15, -0.1) is 10.2 Å². The first kappa shape index (κ1) is 9.20. The van der Waals surface area contributed by atoms with Crippen molar-refractivity contribution in [3.8, 4) is 11.6 Å². The minimum Gasteiger partial charge on any atom is -0.410 e. The van der Waals surface area contributed by atoms with E-state index in [-0.39, 0.29) is 16.8 Å². The SMILES string of the molecule is FC(F)n1cccc1-c1nnc(S)o1. The summed E-state index contributed by atoms with van der Waals surface area (Å²) in [5.74, 6) is 0.0281. The summed E-state index contributed by atoms with van der Waals surface area (Å²) in [7, 11) is 0. The molecular formula is C7H5F2N3OS. The van der Waals surface area contributed by atoms with Gasteiger partial charge in [0.25, 0.3) is 11.1 Å². The fourth-order valence-electron chi connectivity index (χ4n) is 1.06. The Morgan fingerprint density at radius 3 is 2.79 bits per heavy atom. The zero-order chi connectivity index (χ0) is 10.1. The average molecular weight is 217 g/mol. The molecule has 0 fully saturated rings. The maximum Gasteiger partial charge on any atom is 0.319 e. The third kappa shape index (κ3) is 1.50. The molecule has 0 aliphatic rings. The van der Waals surface area contributed by atoms with Crippen molar-refractivity contribution >= 4 is 12.6 Å². The minimum atomic E-state index is -2.63. The summed E-state index contributed by atoms with van der Waals surface area (Å²) in [6, 6.07) is 2.94. The van der Waals surface area contributed by atoms with E-state index in [1.807, 2.05) is 0 Å². The number of aromatic nitrogens is 3. The van der Waals surface area contributed by atoms with Crippen LogP contribution in [0.4, 0.5) is 8.78 Å². The number of thiol groups is 1. The predicted molar refractivity (Wildman–Crippen MR) is 46.2 cm³/mol. The molecule has 0 aliphatic carbocycles. The monoisotopic (exact) mass is 217 g/mol. The van der Waals surface area contributed by atoms with Crippen molar-refractivity contribution in [1.29, 1.82) is 0 Å². The van der Waals surface area contributed by atoms with E-state index in [9.17, 15) is 8.78 Å². The number of hydrogen-bond acceptors (Lipinski definition) is 4. The van der Waals surface area contributed by atoms with Crippen LogP contribution in [0.25, 0.3) is 11.6 Å². The van der Waals surface area contributed by atoms with Gasteiger partial charge in [0.1, 0.15) is 5.69 Å². The molecule has 2 rings (SSSR count). The highest BCUT2D eigenvalue weighted by Gasteiger charge is 2.15. The first-order valence-electron chi connectivity index (χ1n) is 3.66. The van der Waals surface area contributed by atoms with Crippen molar-refractivity contribution in [1.82, 2.24) is 14.8 Å². The van der Waals surface area contributed by atoms with Crippen LogP contribution in [0, 0.1) is 0 Å². The number of nitrogens with zero attached hydrogens (tertiary/aromatic N) is 3. The molecule has 4 nitrogen and oxygen atoms in total. The van der Waals surface area contributed by atoms with E-state index in [1.54, 1.807) is 0 Å². The smallest absolute Gasteiger partial charge is 0.319 e. The minimum absolute atomic E-state index is 0.0281. The summed E-state index contributed by atoms with van der Waals surface area (Å²) in [6.45, 7) is -2.63. The Hall–Kier alpha value is -1.37. The van der Waals surface area contributed by atoms with Crippen LogP contribution >= 0.6 is 12.6 Å². The molecule has 0 spiro atoms. The zero-order valence-electron chi connectivity index (χ0n) is 6.76. The van der Waals surface area contributed by atoms with Crippen molar-refractivity contribution in [2.45, 2.75) is 11.8 Å². The van der Waals surface area contributed by atoms with Crippen molar-refractivity contribution in [2.24, 2.45) is 0 Å². The van der Waals surface area contributed by atoms with E-state index in [1.165, 1.54) is 18.3 Å². The van der Waals surface area contributed by atoms with Gasteiger partial charge in [0.05, 0.1) is 0 Å². The third-order valence-corrected chi connectivity index (χ3v) is 1.80. The number of rotatable bonds is 2. The Kier molecular flexibility index (Phi) is 2.24. The summed E-state index contributed by atoms with van der Waals surface area (Å²) < 4.78 is 30.5. The van der Waals surface area contributed by atoms with Crippen LogP contribution in [-0.4, -0.2) is 14.8 Å². The lowest BCUT2D eigenvalue weighted by atomic mass is 10.4. The zero-order valence-corrected chi connectivity index (χ0v) is 7.66. The summed E-state index contributed by atoms with van der Waals surface area (Å²) in [4.78, 5) is 0. The molecule has 0 unspecified atom stereocenters. The molecule has 0 N–H and O–H groups in total. The third-order valence-electron chi connectivity index (χ3n) is 1.62. The lowest BCUT2D eigenvalue weighted by Crippen LogP contribution is -1.98. The maximum atomic E-state index is 12.4. The number of hydrogen-bond donors (Lipinski definition) is 1. The fourth-order valence-corrected chi connectivity index (χ4v) is 1.20. The molecule has 0 aromatic carbocycles. The summed E-state index contributed by atoms with van der Waals surface area (Å²) in [6.07, 6.45) is 1.24. The second-order valence-corrected chi connectivity index (χ2v) is 2.85. The van der Waals surface area contributed by atoms with Crippen LogP contribution in [-0.2, 0) is 0 Å². The average Bonchev–Trinajstić information content (AvgIpc) is 2.70. The molecule has 2 aromatic rings. The first-order valence-corrected chi connectivity index (χ1v) is 4.11.